The van der Waals surface area contributed by atoms with Crippen molar-refractivity contribution in [3.05, 3.63) is 46.6 Å². The summed E-state index contributed by atoms with van der Waals surface area (Å²) in [5.74, 6) is 0.789. The molecule has 18 heavy (non-hydrogen) atoms. The van der Waals surface area contributed by atoms with E-state index >= 15 is 0 Å². The molecule has 5 heteroatoms. The Morgan fingerprint density at radius 1 is 1.39 bits per heavy atom. The number of hydrogen-bond acceptors (Lipinski definition) is 4. The fourth-order valence-electron chi connectivity index (χ4n) is 1.48. The van der Waals surface area contributed by atoms with Gasteiger partial charge >= 0.3 is 0 Å². The smallest absolute Gasteiger partial charge is 0.256 e. The topological polar surface area (TPSA) is 58.8 Å². The average molecular weight is 260 g/mol. The van der Waals surface area contributed by atoms with Gasteiger partial charge in [0.1, 0.15) is 17.4 Å². The molecule has 0 aliphatic carbocycles. The van der Waals surface area contributed by atoms with Crippen LogP contribution in [0.5, 0.6) is 11.6 Å². The molecule has 0 fully saturated rings. The first-order chi connectivity index (χ1) is 8.74. The number of aromatic nitrogens is 2. The van der Waals surface area contributed by atoms with Gasteiger partial charge in [0.05, 0.1) is 6.20 Å². The Labute approximate surface area is 110 Å². The summed E-state index contributed by atoms with van der Waals surface area (Å²) in [6.45, 7) is 2.01. The summed E-state index contributed by atoms with van der Waals surface area (Å²) < 4.78 is 5.54. The zero-order valence-electron chi connectivity index (χ0n) is 9.72. The Morgan fingerprint density at radius 2 is 2.22 bits per heavy atom. The maximum absolute atomic E-state index is 8.92. The lowest BCUT2D eigenvalue weighted by atomic mass is 10.1. The predicted molar refractivity (Wildman–Crippen MR) is 67.7 cm³/mol. The van der Waals surface area contributed by atoms with E-state index in [1.54, 1.807) is 18.2 Å². The summed E-state index contributed by atoms with van der Waals surface area (Å²) in [5, 5.41) is 17.1. The summed E-state index contributed by atoms with van der Waals surface area (Å²) in [4.78, 5) is 0. The summed E-state index contributed by atoms with van der Waals surface area (Å²) in [7, 11) is 0. The molecule has 0 radical (unpaired) electrons. The van der Waals surface area contributed by atoms with E-state index in [0.717, 1.165) is 12.0 Å². The first-order valence-corrected chi connectivity index (χ1v) is 5.80. The highest BCUT2D eigenvalue weighted by atomic mass is 35.5. The molecule has 0 saturated heterocycles. The molecule has 4 nitrogen and oxygen atoms in total. The van der Waals surface area contributed by atoms with Gasteiger partial charge < -0.3 is 4.74 Å². The number of benzene rings is 1. The van der Waals surface area contributed by atoms with Crippen LogP contribution in [-0.2, 0) is 6.42 Å². The van der Waals surface area contributed by atoms with Gasteiger partial charge in [-0.2, -0.15) is 10.4 Å². The molecule has 0 atom stereocenters. The lowest BCUT2D eigenvalue weighted by Gasteiger charge is -2.07. The summed E-state index contributed by atoms with van der Waals surface area (Å²) in [6, 6.07) is 8.88. The number of aryl methyl sites for hydroxylation is 1. The molecular weight excluding hydrogens is 250 g/mol. The fourth-order valence-corrected chi connectivity index (χ4v) is 1.73. The van der Waals surface area contributed by atoms with Crippen molar-refractivity contribution in [2.24, 2.45) is 0 Å². The van der Waals surface area contributed by atoms with Crippen molar-refractivity contribution in [1.82, 2.24) is 10.2 Å². The molecule has 0 aliphatic heterocycles. The standard InChI is InChI=1S/C13H10ClN3O/c1-2-9-7-11(3-4-12(9)14)18-13-10(8-15)5-6-16-17-13/h3-7H,2H2,1H3. The van der Waals surface area contributed by atoms with Crippen LogP contribution in [0.4, 0.5) is 0 Å². The van der Waals surface area contributed by atoms with Crippen molar-refractivity contribution in [3.63, 3.8) is 0 Å². The molecule has 90 valence electrons. The normalized spacial score (nSPS) is 9.83. The third-order valence-electron chi connectivity index (χ3n) is 2.42. The van der Waals surface area contributed by atoms with Gasteiger partial charge in [-0.25, -0.2) is 0 Å². The fraction of sp³-hybridized carbons (Fsp3) is 0.154. The Hall–Kier alpha value is -2.12. The van der Waals surface area contributed by atoms with Crippen LogP contribution in [0.15, 0.2) is 30.5 Å². The van der Waals surface area contributed by atoms with Crippen molar-refractivity contribution in [2.45, 2.75) is 13.3 Å². The zero-order valence-corrected chi connectivity index (χ0v) is 10.5. The van der Waals surface area contributed by atoms with Gasteiger partial charge in [-0.1, -0.05) is 18.5 Å². The molecule has 1 aromatic carbocycles. The van der Waals surface area contributed by atoms with Crippen molar-refractivity contribution in [1.29, 1.82) is 5.26 Å². The number of halogens is 1. The molecule has 0 saturated carbocycles. The molecule has 0 bridgehead atoms. The van der Waals surface area contributed by atoms with Crippen molar-refractivity contribution >= 4 is 11.6 Å². The largest absolute Gasteiger partial charge is 0.437 e. The third kappa shape index (κ3) is 2.58. The molecule has 1 aromatic heterocycles. The third-order valence-corrected chi connectivity index (χ3v) is 2.79. The van der Waals surface area contributed by atoms with E-state index in [0.29, 0.717) is 16.3 Å². The second-order valence-electron chi connectivity index (χ2n) is 3.57. The molecule has 1 heterocycles. The number of rotatable bonds is 3. The van der Waals surface area contributed by atoms with E-state index in [2.05, 4.69) is 10.2 Å². The van der Waals surface area contributed by atoms with Crippen molar-refractivity contribution in [2.75, 3.05) is 0 Å². The van der Waals surface area contributed by atoms with E-state index in [9.17, 15) is 0 Å². The van der Waals surface area contributed by atoms with Gasteiger partial charge in [0.15, 0.2) is 0 Å². The average Bonchev–Trinajstić information content (AvgIpc) is 2.41. The number of hydrogen-bond donors (Lipinski definition) is 0. The monoisotopic (exact) mass is 259 g/mol. The molecule has 0 spiro atoms. The lowest BCUT2D eigenvalue weighted by Crippen LogP contribution is -1.94. The van der Waals surface area contributed by atoms with E-state index in [-0.39, 0.29) is 5.88 Å². The van der Waals surface area contributed by atoms with Gasteiger partial charge in [-0.05, 0) is 36.2 Å². The van der Waals surface area contributed by atoms with Gasteiger partial charge in [0.2, 0.25) is 0 Å². The van der Waals surface area contributed by atoms with E-state index in [1.807, 2.05) is 19.1 Å². The predicted octanol–water partition coefficient (Wildman–Crippen LogP) is 3.36. The number of nitrogens with zero attached hydrogens (tertiary/aromatic N) is 3. The van der Waals surface area contributed by atoms with Crippen LogP contribution in [0.3, 0.4) is 0 Å². The highest BCUT2D eigenvalue weighted by Crippen LogP contribution is 2.26. The van der Waals surface area contributed by atoms with E-state index in [4.69, 9.17) is 21.6 Å². The Kier molecular flexibility index (Phi) is 3.75. The molecule has 0 amide bonds. The van der Waals surface area contributed by atoms with Crippen LogP contribution in [0, 0.1) is 11.3 Å². The maximum atomic E-state index is 8.92. The summed E-state index contributed by atoms with van der Waals surface area (Å²) in [6.07, 6.45) is 2.26. The van der Waals surface area contributed by atoms with Gasteiger partial charge in [0.25, 0.3) is 5.88 Å². The van der Waals surface area contributed by atoms with Crippen LogP contribution in [-0.4, -0.2) is 10.2 Å². The lowest BCUT2D eigenvalue weighted by molar-refractivity contribution is 0.453. The van der Waals surface area contributed by atoms with Crippen LogP contribution in [0.2, 0.25) is 5.02 Å². The second-order valence-corrected chi connectivity index (χ2v) is 3.98. The van der Waals surface area contributed by atoms with Crippen molar-refractivity contribution in [3.8, 4) is 17.7 Å². The van der Waals surface area contributed by atoms with E-state index < -0.39 is 0 Å². The SMILES string of the molecule is CCc1cc(Oc2nnccc2C#N)ccc1Cl. The Morgan fingerprint density at radius 3 is 2.94 bits per heavy atom. The minimum Gasteiger partial charge on any atom is -0.437 e. The van der Waals surface area contributed by atoms with Gasteiger partial charge in [-0.15, -0.1) is 5.10 Å². The number of ether oxygens (including phenoxy) is 1. The minimum absolute atomic E-state index is 0.198. The van der Waals surface area contributed by atoms with E-state index in [1.165, 1.54) is 6.20 Å². The van der Waals surface area contributed by atoms with Gasteiger partial charge in [-0.3, -0.25) is 0 Å². The molecule has 2 aromatic rings. The second kappa shape index (κ2) is 5.48. The highest BCUT2D eigenvalue weighted by Gasteiger charge is 2.07. The van der Waals surface area contributed by atoms with Crippen molar-refractivity contribution < 1.29 is 4.74 Å². The zero-order chi connectivity index (χ0) is 13.0. The minimum atomic E-state index is 0.198. The van der Waals surface area contributed by atoms with Crippen LogP contribution in [0.1, 0.15) is 18.1 Å². The Balaban J connectivity index is 2.32. The molecule has 0 N–H and O–H groups in total. The maximum Gasteiger partial charge on any atom is 0.256 e. The van der Waals surface area contributed by atoms with Crippen LogP contribution in [0.25, 0.3) is 0 Å². The van der Waals surface area contributed by atoms with Gasteiger partial charge in [0, 0.05) is 5.02 Å². The quantitative estimate of drug-likeness (QED) is 0.848. The van der Waals surface area contributed by atoms with Crippen LogP contribution < -0.4 is 4.74 Å². The summed E-state index contributed by atoms with van der Waals surface area (Å²) in [5.41, 5.74) is 1.33. The highest BCUT2D eigenvalue weighted by molar-refractivity contribution is 6.31. The molecule has 2 rings (SSSR count). The van der Waals surface area contributed by atoms with Crippen LogP contribution >= 0.6 is 11.6 Å². The first kappa shape index (κ1) is 12.3. The Bertz CT molecular complexity index is 607. The molecule has 0 aliphatic rings. The first-order valence-electron chi connectivity index (χ1n) is 5.42. The number of nitriles is 1. The molecular formula is C13H10ClN3O. The molecule has 0 unspecified atom stereocenters. The summed E-state index contributed by atoms with van der Waals surface area (Å²) >= 11 is 6.02.